The van der Waals surface area contributed by atoms with Gasteiger partial charge in [-0.25, -0.2) is 4.39 Å². The Balaban J connectivity index is 0.00000208. The summed E-state index contributed by atoms with van der Waals surface area (Å²) >= 11 is 0. The van der Waals surface area contributed by atoms with E-state index in [1.54, 1.807) is 0 Å². The molecule has 120 valence electrons. The zero-order valence-electron chi connectivity index (χ0n) is 12.4. The molecule has 0 radical (unpaired) electrons. The van der Waals surface area contributed by atoms with Gasteiger partial charge >= 0.3 is 0 Å². The summed E-state index contributed by atoms with van der Waals surface area (Å²) in [5.41, 5.74) is 6.12. The number of hydrogen-bond donors (Lipinski definition) is 2. The lowest BCUT2D eigenvalue weighted by atomic mass is 10.1. The lowest BCUT2D eigenvalue weighted by Gasteiger charge is -2.20. The maximum atomic E-state index is 13.5. The third kappa shape index (κ3) is 2.88. The number of ether oxygens (including phenoxy) is 1. The highest BCUT2D eigenvalue weighted by molar-refractivity contribution is 6.45. The van der Waals surface area contributed by atoms with Gasteiger partial charge in [-0.3, -0.25) is 10.2 Å². The van der Waals surface area contributed by atoms with Crippen LogP contribution in [0.1, 0.15) is 12.6 Å². The number of para-hydroxylation sites is 2. The minimum Gasteiger partial charge on any atom is -0.491 e. The number of nitrogens with one attached hydrogen (secondary N) is 1. The summed E-state index contributed by atoms with van der Waals surface area (Å²) in [5.74, 6) is -0.396. The van der Waals surface area contributed by atoms with Crippen molar-refractivity contribution in [2.45, 2.75) is 6.54 Å². The predicted molar refractivity (Wildman–Crippen MR) is 87.1 cm³/mol. The molecule has 0 bridgehead atoms. The molecule has 0 atom stereocenters. The van der Waals surface area contributed by atoms with E-state index in [0.29, 0.717) is 19.7 Å². The van der Waals surface area contributed by atoms with Crippen molar-refractivity contribution in [1.82, 2.24) is 4.90 Å². The van der Waals surface area contributed by atoms with Gasteiger partial charge in [0.1, 0.15) is 23.9 Å². The van der Waals surface area contributed by atoms with Crippen molar-refractivity contribution in [3.63, 3.8) is 0 Å². The van der Waals surface area contributed by atoms with E-state index in [0.717, 1.165) is 11.3 Å². The summed E-state index contributed by atoms with van der Waals surface area (Å²) in [5, 5.41) is 8.09. The number of nitrogens with two attached hydrogens (primary N) is 1. The van der Waals surface area contributed by atoms with E-state index < -0.39 is 11.7 Å². The molecule has 23 heavy (non-hydrogen) atoms. The number of fused-ring (bicyclic) bond motifs is 1. The van der Waals surface area contributed by atoms with Crippen molar-refractivity contribution in [2.75, 3.05) is 18.9 Å². The number of benzene rings is 2. The highest BCUT2D eigenvalue weighted by Crippen LogP contribution is 2.23. The second-order valence-electron chi connectivity index (χ2n) is 5.26. The van der Waals surface area contributed by atoms with E-state index in [4.69, 9.17) is 15.9 Å². The van der Waals surface area contributed by atoms with E-state index in [2.05, 4.69) is 0 Å². The van der Waals surface area contributed by atoms with Gasteiger partial charge in [-0.15, -0.1) is 0 Å². The van der Waals surface area contributed by atoms with E-state index in [1.165, 1.54) is 23.1 Å². The number of anilines is 1. The summed E-state index contributed by atoms with van der Waals surface area (Å²) in [7, 11) is 0. The Hall–Kier alpha value is -2.89. The Morgan fingerprint density at radius 3 is 2.87 bits per heavy atom. The first-order chi connectivity index (χ1) is 11.1. The van der Waals surface area contributed by atoms with Crippen LogP contribution in [0.4, 0.5) is 10.1 Å². The number of amides is 1. The molecule has 0 fully saturated rings. The highest BCUT2D eigenvalue weighted by atomic mass is 19.1. The van der Waals surface area contributed by atoms with Crippen LogP contribution in [-0.4, -0.2) is 29.7 Å². The first-order valence-electron chi connectivity index (χ1n) is 7.21. The maximum Gasteiger partial charge on any atom is 0.272 e. The molecule has 0 spiro atoms. The Kier molecular flexibility index (Phi) is 3.97. The summed E-state index contributed by atoms with van der Waals surface area (Å²) in [6.07, 6.45) is 0. The van der Waals surface area contributed by atoms with E-state index in [9.17, 15) is 9.18 Å². The van der Waals surface area contributed by atoms with Gasteiger partial charge in [0.05, 0.1) is 12.2 Å². The van der Waals surface area contributed by atoms with Gasteiger partial charge in [0.15, 0.2) is 0 Å². The number of hydrogen-bond acceptors (Lipinski definition) is 4. The molecular formula is C17H18FN3O2. The smallest absolute Gasteiger partial charge is 0.272 e. The molecular weight excluding hydrogens is 297 g/mol. The number of halogens is 1. The number of nitrogens with zero attached hydrogens (tertiary/aromatic N) is 1. The zero-order valence-corrected chi connectivity index (χ0v) is 12.4. The molecule has 2 aromatic carbocycles. The predicted octanol–water partition coefficient (Wildman–Crippen LogP) is 2.44. The topological polar surface area (TPSA) is 79.4 Å². The van der Waals surface area contributed by atoms with E-state index >= 15 is 0 Å². The summed E-state index contributed by atoms with van der Waals surface area (Å²) < 4.78 is 19.1. The molecule has 3 N–H and O–H groups in total. The molecule has 0 saturated carbocycles. The lowest BCUT2D eigenvalue weighted by Crippen LogP contribution is -2.37. The quantitative estimate of drug-likeness (QED) is 0.660. The molecule has 1 amide bonds. The minimum atomic E-state index is -0.635. The molecule has 0 unspecified atom stereocenters. The lowest BCUT2D eigenvalue weighted by molar-refractivity contribution is -0.124. The van der Waals surface area contributed by atoms with Crippen LogP contribution in [0.5, 0.6) is 5.75 Å². The average molecular weight is 315 g/mol. The van der Waals surface area contributed by atoms with Crippen molar-refractivity contribution in [3.05, 3.63) is 59.4 Å². The van der Waals surface area contributed by atoms with Crippen LogP contribution in [0.3, 0.4) is 0 Å². The Morgan fingerprint density at radius 1 is 1.26 bits per heavy atom. The summed E-state index contributed by atoms with van der Waals surface area (Å²) in [4.78, 5) is 14.1. The summed E-state index contributed by atoms with van der Waals surface area (Å²) in [6.45, 7) is 1.03. The Bertz CT molecular complexity index is 782. The van der Waals surface area contributed by atoms with Crippen molar-refractivity contribution in [2.24, 2.45) is 0 Å². The van der Waals surface area contributed by atoms with Crippen LogP contribution >= 0.6 is 0 Å². The SMILES string of the molecule is N=C(C(=O)N1CCOc2ccccc2C1)c1cccc(F)c1N.[HH]. The minimum absolute atomic E-state index is 0. The normalized spacial score (nSPS) is 13.7. The Labute approximate surface area is 134 Å². The second kappa shape index (κ2) is 6.08. The molecule has 6 heteroatoms. The second-order valence-corrected chi connectivity index (χ2v) is 5.26. The van der Waals surface area contributed by atoms with E-state index in [-0.39, 0.29) is 18.4 Å². The van der Waals surface area contributed by atoms with Crippen molar-refractivity contribution >= 4 is 17.3 Å². The van der Waals surface area contributed by atoms with Crippen LogP contribution in [-0.2, 0) is 11.3 Å². The van der Waals surface area contributed by atoms with Gasteiger partial charge in [-0.1, -0.05) is 30.3 Å². The standard InChI is InChI=1S/C17H16FN3O2.H2/c18-13-6-3-5-12(15(13)19)16(20)17(22)21-8-9-23-14-7-2-1-4-11(14)10-21;/h1-7,20H,8-10,19H2;1H. The largest absolute Gasteiger partial charge is 0.491 e. The van der Waals surface area contributed by atoms with Gasteiger partial charge in [-0.2, -0.15) is 0 Å². The number of rotatable bonds is 2. The first-order valence-corrected chi connectivity index (χ1v) is 7.21. The molecule has 0 aromatic heterocycles. The highest BCUT2D eigenvalue weighted by Gasteiger charge is 2.25. The van der Waals surface area contributed by atoms with Gasteiger partial charge < -0.3 is 15.4 Å². The first kappa shape index (κ1) is 15.0. The number of nitrogen functional groups attached to an aromatic ring is 1. The Morgan fingerprint density at radius 2 is 2.04 bits per heavy atom. The van der Waals surface area contributed by atoms with Crippen LogP contribution < -0.4 is 10.5 Å². The summed E-state index contributed by atoms with van der Waals surface area (Å²) in [6, 6.07) is 11.6. The molecule has 5 nitrogen and oxygen atoms in total. The fourth-order valence-corrected chi connectivity index (χ4v) is 2.53. The zero-order chi connectivity index (χ0) is 16.4. The number of carbonyl (C=O) groups excluding carboxylic acids is 1. The van der Waals surface area contributed by atoms with Crippen LogP contribution in [0.15, 0.2) is 42.5 Å². The third-order valence-electron chi connectivity index (χ3n) is 3.78. The monoisotopic (exact) mass is 315 g/mol. The van der Waals surface area contributed by atoms with Crippen LogP contribution in [0, 0.1) is 11.2 Å². The molecule has 1 aliphatic heterocycles. The fraction of sp³-hybridized carbons (Fsp3) is 0.176. The molecule has 2 aromatic rings. The van der Waals surface area contributed by atoms with Crippen molar-refractivity contribution in [1.29, 1.82) is 5.41 Å². The molecule has 0 saturated heterocycles. The van der Waals surface area contributed by atoms with Gasteiger partial charge in [0.25, 0.3) is 5.91 Å². The molecule has 0 aliphatic carbocycles. The van der Waals surface area contributed by atoms with Gasteiger partial charge in [0, 0.05) is 19.1 Å². The maximum absolute atomic E-state index is 13.5. The van der Waals surface area contributed by atoms with Crippen LogP contribution in [0.2, 0.25) is 0 Å². The average Bonchev–Trinajstić information content (AvgIpc) is 2.78. The molecule has 1 aliphatic rings. The number of carbonyl (C=O) groups is 1. The van der Waals surface area contributed by atoms with E-state index in [1.807, 2.05) is 24.3 Å². The van der Waals surface area contributed by atoms with Gasteiger partial charge in [0.2, 0.25) is 0 Å². The van der Waals surface area contributed by atoms with Gasteiger partial charge in [-0.05, 0) is 12.1 Å². The third-order valence-corrected chi connectivity index (χ3v) is 3.78. The fourth-order valence-electron chi connectivity index (χ4n) is 2.53. The molecule has 1 heterocycles. The van der Waals surface area contributed by atoms with Crippen molar-refractivity contribution < 1.29 is 15.3 Å². The molecule has 3 rings (SSSR count). The van der Waals surface area contributed by atoms with Crippen molar-refractivity contribution in [3.8, 4) is 5.75 Å². The van der Waals surface area contributed by atoms with Crippen LogP contribution in [0.25, 0.3) is 0 Å².